The average Bonchev–Trinajstić information content (AvgIpc) is 3.10. The zero-order valence-corrected chi connectivity index (χ0v) is 15.0. The lowest BCUT2D eigenvalue weighted by molar-refractivity contribution is 0.174. The first-order valence-corrected chi connectivity index (χ1v) is 9.20. The molecular weight excluding hydrogens is 328 g/mol. The summed E-state index contributed by atoms with van der Waals surface area (Å²) in [6.45, 7) is 3.14. The van der Waals surface area contributed by atoms with Crippen molar-refractivity contribution in [2.75, 3.05) is 24.0 Å². The SMILES string of the molecule is Cc1cc(NCCC2=CCCCC2)nc(Nc2ccc3c(c2)OCO3)n1. The standard InChI is InChI=1S/C20H24N4O2/c1-14-11-19(21-10-9-15-5-3-2-4-6-15)24-20(22-14)23-16-7-8-17-18(12-16)26-13-25-17/h5,7-8,11-12H,2-4,6,9-10,13H2,1H3,(H2,21,22,23,24). The third-order valence-electron chi connectivity index (χ3n) is 4.62. The van der Waals surface area contributed by atoms with Crippen molar-refractivity contribution in [1.82, 2.24) is 9.97 Å². The van der Waals surface area contributed by atoms with Gasteiger partial charge in [0.25, 0.3) is 0 Å². The van der Waals surface area contributed by atoms with Crippen LogP contribution in [0.3, 0.4) is 0 Å². The van der Waals surface area contributed by atoms with Crippen LogP contribution in [0.15, 0.2) is 35.9 Å². The van der Waals surface area contributed by atoms with E-state index in [1.54, 1.807) is 5.57 Å². The van der Waals surface area contributed by atoms with E-state index in [1.807, 2.05) is 31.2 Å². The van der Waals surface area contributed by atoms with E-state index >= 15 is 0 Å². The molecule has 0 unspecified atom stereocenters. The summed E-state index contributed by atoms with van der Waals surface area (Å²) < 4.78 is 10.8. The Labute approximate surface area is 153 Å². The Morgan fingerprint density at radius 2 is 2.00 bits per heavy atom. The molecule has 6 nitrogen and oxygen atoms in total. The van der Waals surface area contributed by atoms with Gasteiger partial charge in [-0.15, -0.1) is 0 Å². The topological polar surface area (TPSA) is 68.3 Å². The Morgan fingerprint density at radius 1 is 1.08 bits per heavy atom. The van der Waals surface area contributed by atoms with E-state index in [2.05, 4.69) is 26.7 Å². The van der Waals surface area contributed by atoms with Crippen molar-refractivity contribution in [2.24, 2.45) is 0 Å². The summed E-state index contributed by atoms with van der Waals surface area (Å²) in [4.78, 5) is 9.06. The fraction of sp³-hybridized carbons (Fsp3) is 0.400. The smallest absolute Gasteiger partial charge is 0.231 e. The summed E-state index contributed by atoms with van der Waals surface area (Å²) in [5, 5.41) is 6.67. The molecule has 0 radical (unpaired) electrons. The van der Waals surface area contributed by atoms with E-state index in [-0.39, 0.29) is 6.79 Å². The molecule has 4 rings (SSSR count). The molecule has 2 aromatic rings. The van der Waals surface area contributed by atoms with Gasteiger partial charge in [0.05, 0.1) is 0 Å². The van der Waals surface area contributed by atoms with E-state index in [9.17, 15) is 0 Å². The molecule has 2 N–H and O–H groups in total. The van der Waals surface area contributed by atoms with Gasteiger partial charge >= 0.3 is 0 Å². The van der Waals surface area contributed by atoms with Gasteiger partial charge in [-0.2, -0.15) is 4.98 Å². The molecule has 0 bridgehead atoms. The monoisotopic (exact) mass is 352 g/mol. The number of aromatic nitrogens is 2. The van der Waals surface area contributed by atoms with Crippen molar-refractivity contribution in [1.29, 1.82) is 0 Å². The van der Waals surface area contributed by atoms with Crippen LogP contribution in [0.2, 0.25) is 0 Å². The first kappa shape index (κ1) is 16.7. The quantitative estimate of drug-likeness (QED) is 0.743. The maximum absolute atomic E-state index is 5.41. The highest BCUT2D eigenvalue weighted by Crippen LogP contribution is 2.34. The molecule has 2 aliphatic rings. The summed E-state index contributed by atoms with van der Waals surface area (Å²) in [5.41, 5.74) is 3.36. The van der Waals surface area contributed by atoms with Crippen LogP contribution in [0, 0.1) is 6.92 Å². The number of nitrogens with zero attached hydrogens (tertiary/aromatic N) is 2. The van der Waals surface area contributed by atoms with Crippen molar-refractivity contribution in [2.45, 2.75) is 39.0 Å². The Kier molecular flexibility index (Phi) is 4.91. The van der Waals surface area contributed by atoms with Gasteiger partial charge in [0.2, 0.25) is 12.7 Å². The number of allylic oxidation sites excluding steroid dienone is 1. The van der Waals surface area contributed by atoms with Gasteiger partial charge in [-0.25, -0.2) is 4.98 Å². The molecule has 2 heterocycles. The van der Waals surface area contributed by atoms with Crippen molar-refractivity contribution in [3.05, 3.63) is 41.6 Å². The Morgan fingerprint density at radius 3 is 2.88 bits per heavy atom. The Bertz CT molecular complexity index is 819. The van der Waals surface area contributed by atoms with Crippen molar-refractivity contribution < 1.29 is 9.47 Å². The fourth-order valence-corrected chi connectivity index (χ4v) is 3.30. The number of anilines is 3. The molecule has 1 aliphatic heterocycles. The molecule has 0 amide bonds. The number of nitrogens with one attached hydrogen (secondary N) is 2. The van der Waals surface area contributed by atoms with Crippen molar-refractivity contribution >= 4 is 17.5 Å². The lowest BCUT2D eigenvalue weighted by Crippen LogP contribution is -2.08. The molecular formula is C20H24N4O2. The summed E-state index contributed by atoms with van der Waals surface area (Å²) in [6, 6.07) is 7.69. The maximum atomic E-state index is 5.41. The zero-order chi connectivity index (χ0) is 17.8. The molecule has 26 heavy (non-hydrogen) atoms. The predicted octanol–water partition coefficient (Wildman–Crippen LogP) is 4.56. The summed E-state index contributed by atoms with van der Waals surface area (Å²) in [5.74, 6) is 2.92. The Balaban J connectivity index is 1.40. The van der Waals surface area contributed by atoms with Gasteiger partial charge in [0, 0.05) is 30.1 Å². The minimum absolute atomic E-state index is 0.268. The predicted molar refractivity (Wildman–Crippen MR) is 102 cm³/mol. The number of aryl methyl sites for hydroxylation is 1. The van der Waals surface area contributed by atoms with Crippen molar-refractivity contribution in [3.63, 3.8) is 0 Å². The molecule has 136 valence electrons. The molecule has 1 aromatic heterocycles. The number of ether oxygens (including phenoxy) is 2. The third kappa shape index (κ3) is 4.07. The first-order chi connectivity index (χ1) is 12.8. The highest BCUT2D eigenvalue weighted by molar-refractivity contribution is 5.61. The number of hydrogen-bond donors (Lipinski definition) is 2. The van der Waals surface area contributed by atoms with E-state index < -0.39 is 0 Å². The summed E-state index contributed by atoms with van der Waals surface area (Å²) in [6.07, 6.45) is 8.59. The number of fused-ring (bicyclic) bond motifs is 1. The van der Waals surface area contributed by atoms with Crippen LogP contribution in [-0.2, 0) is 0 Å². The number of hydrogen-bond acceptors (Lipinski definition) is 6. The van der Waals surface area contributed by atoms with Crippen LogP contribution in [0.1, 0.15) is 37.8 Å². The van der Waals surface area contributed by atoms with E-state index in [0.29, 0.717) is 5.95 Å². The first-order valence-electron chi connectivity index (χ1n) is 9.20. The molecule has 0 fully saturated rings. The van der Waals surface area contributed by atoms with Gasteiger partial charge < -0.3 is 20.1 Å². The Hall–Kier alpha value is -2.76. The maximum Gasteiger partial charge on any atom is 0.231 e. The van der Waals surface area contributed by atoms with Crippen molar-refractivity contribution in [3.8, 4) is 11.5 Å². The largest absolute Gasteiger partial charge is 0.454 e. The minimum atomic E-state index is 0.268. The van der Waals surface area contributed by atoms with Crippen LogP contribution < -0.4 is 20.1 Å². The number of rotatable bonds is 6. The second kappa shape index (κ2) is 7.64. The van der Waals surface area contributed by atoms with Crippen LogP contribution in [0.25, 0.3) is 0 Å². The molecule has 0 saturated heterocycles. The lowest BCUT2D eigenvalue weighted by atomic mass is 9.97. The molecule has 1 aromatic carbocycles. The normalized spacial score (nSPS) is 15.5. The zero-order valence-electron chi connectivity index (χ0n) is 15.0. The summed E-state index contributed by atoms with van der Waals surface area (Å²) >= 11 is 0. The van der Waals surface area contributed by atoms with Gasteiger partial charge in [0.1, 0.15) is 5.82 Å². The molecule has 0 saturated carbocycles. The molecule has 1 aliphatic carbocycles. The van der Waals surface area contributed by atoms with Crippen LogP contribution in [0.5, 0.6) is 11.5 Å². The van der Waals surface area contributed by atoms with Crippen LogP contribution in [0.4, 0.5) is 17.5 Å². The van der Waals surface area contributed by atoms with E-state index in [0.717, 1.165) is 41.7 Å². The van der Waals surface area contributed by atoms with Gasteiger partial charge in [-0.1, -0.05) is 11.6 Å². The lowest BCUT2D eigenvalue weighted by Gasteiger charge is -2.14. The third-order valence-corrected chi connectivity index (χ3v) is 4.62. The highest BCUT2D eigenvalue weighted by atomic mass is 16.7. The molecule has 0 spiro atoms. The fourth-order valence-electron chi connectivity index (χ4n) is 3.30. The van der Waals surface area contributed by atoms with Gasteiger partial charge in [-0.05, 0) is 51.2 Å². The van der Waals surface area contributed by atoms with Gasteiger partial charge in [-0.3, -0.25) is 0 Å². The highest BCUT2D eigenvalue weighted by Gasteiger charge is 2.14. The van der Waals surface area contributed by atoms with Gasteiger partial charge in [0.15, 0.2) is 11.5 Å². The second-order valence-electron chi connectivity index (χ2n) is 6.70. The van der Waals surface area contributed by atoms with Crippen LogP contribution in [-0.4, -0.2) is 23.3 Å². The molecule has 0 atom stereocenters. The average molecular weight is 352 g/mol. The molecule has 6 heteroatoms. The second-order valence-corrected chi connectivity index (χ2v) is 6.70. The number of benzene rings is 1. The minimum Gasteiger partial charge on any atom is -0.454 e. The van der Waals surface area contributed by atoms with Crippen LogP contribution >= 0.6 is 0 Å². The van der Waals surface area contributed by atoms with E-state index in [4.69, 9.17) is 9.47 Å². The van der Waals surface area contributed by atoms with E-state index in [1.165, 1.54) is 25.7 Å². The summed E-state index contributed by atoms with van der Waals surface area (Å²) in [7, 11) is 0.